The minimum absolute atomic E-state index is 0.0109. The maximum atomic E-state index is 12.9. The molecule has 1 aliphatic rings. The lowest BCUT2D eigenvalue weighted by Crippen LogP contribution is -2.47. The van der Waals surface area contributed by atoms with Gasteiger partial charge in [-0.15, -0.1) is 0 Å². The van der Waals surface area contributed by atoms with E-state index in [1.165, 1.54) is 11.1 Å². The van der Waals surface area contributed by atoms with Gasteiger partial charge in [-0.3, -0.25) is 4.79 Å². The predicted octanol–water partition coefficient (Wildman–Crippen LogP) is 5.17. The molecular formula is C31H35N3O4. The van der Waals surface area contributed by atoms with Gasteiger partial charge in [-0.05, 0) is 52.8 Å². The molecule has 0 bridgehead atoms. The van der Waals surface area contributed by atoms with E-state index in [-0.39, 0.29) is 31.0 Å². The Morgan fingerprint density at radius 3 is 2.03 bits per heavy atom. The summed E-state index contributed by atoms with van der Waals surface area (Å²) >= 11 is 0. The topological polar surface area (TPSA) is 99.7 Å². The second-order valence-electron chi connectivity index (χ2n) is 9.93. The van der Waals surface area contributed by atoms with Gasteiger partial charge >= 0.3 is 6.09 Å². The van der Waals surface area contributed by atoms with Crippen molar-refractivity contribution in [3.63, 3.8) is 0 Å². The second kappa shape index (κ2) is 12.0. The Morgan fingerprint density at radius 2 is 1.47 bits per heavy atom. The molecule has 198 valence electrons. The molecular weight excluding hydrogens is 478 g/mol. The van der Waals surface area contributed by atoms with Crippen LogP contribution in [0.5, 0.6) is 0 Å². The zero-order chi connectivity index (χ0) is 27.2. The number of ether oxygens (including phenoxy) is 1. The highest BCUT2D eigenvalue weighted by atomic mass is 16.5. The van der Waals surface area contributed by atoms with E-state index in [0.717, 1.165) is 16.7 Å². The Morgan fingerprint density at radius 1 is 0.895 bits per heavy atom. The molecule has 4 N–H and O–H groups in total. The third-order valence-electron chi connectivity index (χ3n) is 6.86. The van der Waals surface area contributed by atoms with Crippen molar-refractivity contribution in [2.24, 2.45) is 5.92 Å². The highest BCUT2D eigenvalue weighted by molar-refractivity contribution is 5.94. The monoisotopic (exact) mass is 513 g/mol. The largest absolute Gasteiger partial charge is 0.449 e. The molecule has 3 aromatic rings. The third-order valence-corrected chi connectivity index (χ3v) is 6.86. The quantitative estimate of drug-likeness (QED) is 0.300. The number of aliphatic hydroxyl groups excluding tert-OH is 1. The van der Waals surface area contributed by atoms with Gasteiger partial charge in [0.05, 0.1) is 12.6 Å². The lowest BCUT2D eigenvalue weighted by atomic mass is 9.98. The van der Waals surface area contributed by atoms with Crippen LogP contribution in [0.25, 0.3) is 11.1 Å². The maximum Gasteiger partial charge on any atom is 0.407 e. The number of carbonyl (C=O) groups is 2. The molecule has 0 spiro atoms. The zero-order valence-corrected chi connectivity index (χ0v) is 22.0. The molecule has 38 heavy (non-hydrogen) atoms. The van der Waals surface area contributed by atoms with Crippen LogP contribution in [0.4, 0.5) is 10.5 Å². The summed E-state index contributed by atoms with van der Waals surface area (Å²) in [6, 6.07) is 22.3. The highest BCUT2D eigenvalue weighted by Crippen LogP contribution is 2.44. The summed E-state index contributed by atoms with van der Waals surface area (Å²) in [6.45, 7) is 9.92. The molecule has 3 aromatic carbocycles. The molecule has 0 fully saturated rings. The number of aliphatic hydroxyl groups is 1. The van der Waals surface area contributed by atoms with Gasteiger partial charge in [0.25, 0.3) is 0 Å². The van der Waals surface area contributed by atoms with Crippen molar-refractivity contribution < 1.29 is 19.4 Å². The van der Waals surface area contributed by atoms with E-state index in [0.29, 0.717) is 11.4 Å². The van der Waals surface area contributed by atoms with E-state index in [4.69, 9.17) is 4.74 Å². The van der Waals surface area contributed by atoms with Crippen LogP contribution in [-0.4, -0.2) is 35.8 Å². The Bertz CT molecular complexity index is 1260. The molecule has 1 aliphatic carbocycles. The average Bonchev–Trinajstić information content (AvgIpc) is 3.24. The molecule has 0 heterocycles. The normalized spacial score (nSPS) is 13.7. The van der Waals surface area contributed by atoms with Gasteiger partial charge in [0.15, 0.2) is 0 Å². The lowest BCUT2D eigenvalue weighted by Gasteiger charge is -2.27. The van der Waals surface area contributed by atoms with E-state index in [9.17, 15) is 14.7 Å². The van der Waals surface area contributed by atoms with Crippen LogP contribution in [0.3, 0.4) is 0 Å². The summed E-state index contributed by atoms with van der Waals surface area (Å²) < 4.78 is 5.70. The summed E-state index contributed by atoms with van der Waals surface area (Å²) in [5.74, 6) is -0.259. The molecule has 2 amide bonds. The maximum absolute atomic E-state index is 12.9. The summed E-state index contributed by atoms with van der Waals surface area (Å²) in [7, 11) is 0. The van der Waals surface area contributed by atoms with Crippen LogP contribution in [0, 0.1) is 5.92 Å². The van der Waals surface area contributed by atoms with Crippen LogP contribution in [0.2, 0.25) is 0 Å². The Labute approximate surface area is 223 Å². The van der Waals surface area contributed by atoms with Crippen LogP contribution < -0.4 is 16.0 Å². The van der Waals surface area contributed by atoms with E-state index in [1.807, 2.05) is 38.1 Å². The SMILES string of the molecule is C=C(N[C@@H](C)C(=O)Nc1ccc(CO)cc1)[C@@H](NC(=O)OCC1c2ccccc2-c2ccccc21)C(C)C. The molecule has 4 rings (SSSR count). The van der Waals surface area contributed by atoms with Gasteiger partial charge in [0.2, 0.25) is 5.91 Å². The molecule has 0 unspecified atom stereocenters. The van der Waals surface area contributed by atoms with Crippen molar-refractivity contribution >= 4 is 17.7 Å². The molecule has 7 nitrogen and oxygen atoms in total. The number of alkyl carbamates (subject to hydrolysis) is 1. The number of rotatable bonds is 10. The van der Waals surface area contributed by atoms with Crippen LogP contribution in [0.1, 0.15) is 43.4 Å². The van der Waals surface area contributed by atoms with Gasteiger partial charge in [-0.25, -0.2) is 4.79 Å². The predicted molar refractivity (Wildman–Crippen MR) is 150 cm³/mol. The van der Waals surface area contributed by atoms with Crippen LogP contribution >= 0.6 is 0 Å². The average molecular weight is 514 g/mol. The smallest absolute Gasteiger partial charge is 0.407 e. The first kappa shape index (κ1) is 26.9. The number of hydrogen-bond acceptors (Lipinski definition) is 5. The summed E-state index contributed by atoms with van der Waals surface area (Å²) in [4.78, 5) is 25.5. The molecule has 7 heteroatoms. The number of fused-ring (bicyclic) bond motifs is 3. The van der Waals surface area contributed by atoms with Crippen molar-refractivity contribution in [2.45, 2.75) is 45.4 Å². The molecule has 0 radical (unpaired) electrons. The first-order valence-electron chi connectivity index (χ1n) is 12.9. The fraction of sp³-hybridized carbons (Fsp3) is 0.290. The Balaban J connectivity index is 1.33. The molecule has 0 saturated carbocycles. The van der Waals surface area contributed by atoms with Gasteiger partial charge in [-0.2, -0.15) is 0 Å². The number of anilines is 1. The number of carbonyl (C=O) groups excluding carboxylic acids is 2. The molecule has 2 atom stereocenters. The molecule has 0 saturated heterocycles. The number of benzene rings is 3. The summed E-state index contributed by atoms with van der Waals surface area (Å²) in [6.07, 6.45) is -0.533. The number of hydrogen-bond donors (Lipinski definition) is 4. The van der Waals surface area contributed by atoms with Crippen molar-refractivity contribution in [1.29, 1.82) is 0 Å². The third kappa shape index (κ3) is 6.06. The highest BCUT2D eigenvalue weighted by Gasteiger charge is 2.30. The van der Waals surface area contributed by atoms with Gasteiger partial charge in [0, 0.05) is 17.3 Å². The second-order valence-corrected chi connectivity index (χ2v) is 9.93. The number of amides is 2. The van der Waals surface area contributed by atoms with Crippen molar-refractivity contribution in [2.75, 3.05) is 11.9 Å². The minimum Gasteiger partial charge on any atom is -0.449 e. The van der Waals surface area contributed by atoms with Gasteiger partial charge in [0.1, 0.15) is 12.6 Å². The standard InChI is InChI=1S/C31H35N3O4/c1-19(2)29(20(3)32-21(4)30(36)33-23-15-13-22(17-35)14-16-23)34-31(37)38-18-28-26-11-7-5-9-24(26)25-10-6-8-12-27(25)28/h5-16,19,21,28-29,32,35H,3,17-18H2,1-2,4H3,(H,33,36)(H,34,37)/t21-,29-/m0/s1. The van der Waals surface area contributed by atoms with Gasteiger partial charge in [-0.1, -0.05) is 81.1 Å². The first-order chi connectivity index (χ1) is 18.3. The molecule has 0 aliphatic heterocycles. The zero-order valence-electron chi connectivity index (χ0n) is 22.0. The van der Waals surface area contributed by atoms with E-state index < -0.39 is 18.2 Å². The lowest BCUT2D eigenvalue weighted by molar-refractivity contribution is -0.117. The Kier molecular flexibility index (Phi) is 8.48. The summed E-state index contributed by atoms with van der Waals surface area (Å²) in [5, 5.41) is 18.0. The fourth-order valence-electron chi connectivity index (χ4n) is 4.80. The summed E-state index contributed by atoms with van der Waals surface area (Å²) in [5.41, 5.74) is 6.56. The van der Waals surface area contributed by atoms with Gasteiger partial charge < -0.3 is 25.8 Å². The Hall–Kier alpha value is -4.10. The van der Waals surface area contributed by atoms with Crippen LogP contribution in [0.15, 0.2) is 85.1 Å². The minimum atomic E-state index is -0.592. The van der Waals surface area contributed by atoms with Crippen molar-refractivity contribution in [3.05, 3.63) is 102 Å². The van der Waals surface area contributed by atoms with Crippen LogP contribution in [-0.2, 0) is 16.1 Å². The van der Waals surface area contributed by atoms with Crippen molar-refractivity contribution in [3.8, 4) is 11.1 Å². The van der Waals surface area contributed by atoms with E-state index in [1.54, 1.807) is 31.2 Å². The number of nitrogens with one attached hydrogen (secondary N) is 3. The van der Waals surface area contributed by atoms with E-state index >= 15 is 0 Å². The fourth-order valence-corrected chi connectivity index (χ4v) is 4.80. The van der Waals surface area contributed by atoms with E-state index in [2.05, 4.69) is 46.8 Å². The van der Waals surface area contributed by atoms with Crippen molar-refractivity contribution in [1.82, 2.24) is 10.6 Å². The molecule has 0 aromatic heterocycles. The first-order valence-corrected chi connectivity index (χ1v) is 12.9.